The highest BCUT2D eigenvalue weighted by atomic mass is 32.2. The van der Waals surface area contributed by atoms with E-state index in [-0.39, 0.29) is 4.75 Å². The second kappa shape index (κ2) is 5.07. The molecule has 1 saturated carbocycles. The Morgan fingerprint density at radius 3 is 2.07 bits per heavy atom. The standard InChI is InChI=1S/C12H25NOS/c1-9(2)11(10-7-6-8-10)13-15(14)12(3,4)5/h9-11,13H,6-8H2,1-5H3/t11-,15?/m0/s1. The van der Waals surface area contributed by atoms with Gasteiger partial charge in [-0.25, -0.2) is 0 Å². The summed E-state index contributed by atoms with van der Waals surface area (Å²) in [6.07, 6.45) is 3.95. The fourth-order valence-corrected chi connectivity index (χ4v) is 2.94. The molecule has 0 radical (unpaired) electrons. The predicted molar refractivity (Wildman–Crippen MR) is 67.0 cm³/mol. The van der Waals surface area contributed by atoms with Gasteiger partial charge in [-0.2, -0.15) is 0 Å². The summed E-state index contributed by atoms with van der Waals surface area (Å²) in [5, 5.41) is 0. The average Bonchev–Trinajstić information content (AvgIpc) is 1.97. The van der Waals surface area contributed by atoms with Gasteiger partial charge >= 0.3 is 0 Å². The molecule has 1 N–H and O–H groups in total. The minimum Gasteiger partial charge on any atom is -0.598 e. The van der Waals surface area contributed by atoms with Crippen molar-refractivity contribution in [3.63, 3.8) is 0 Å². The zero-order valence-electron chi connectivity index (χ0n) is 10.7. The Kier molecular flexibility index (Phi) is 4.50. The fraction of sp³-hybridized carbons (Fsp3) is 1.00. The molecule has 1 aliphatic rings. The molecule has 0 aromatic rings. The summed E-state index contributed by atoms with van der Waals surface area (Å²) in [4.78, 5) is 0. The Balaban J connectivity index is 2.50. The van der Waals surface area contributed by atoms with E-state index in [0.29, 0.717) is 12.0 Å². The molecule has 1 fully saturated rings. The van der Waals surface area contributed by atoms with E-state index in [2.05, 4.69) is 18.6 Å². The molecule has 90 valence electrons. The summed E-state index contributed by atoms with van der Waals surface area (Å²) >= 11 is -0.926. The monoisotopic (exact) mass is 231 g/mol. The van der Waals surface area contributed by atoms with Gasteiger partial charge in [0.2, 0.25) is 0 Å². The van der Waals surface area contributed by atoms with E-state index in [4.69, 9.17) is 0 Å². The van der Waals surface area contributed by atoms with Crippen molar-refractivity contribution in [2.75, 3.05) is 0 Å². The quantitative estimate of drug-likeness (QED) is 0.755. The van der Waals surface area contributed by atoms with Crippen LogP contribution in [-0.4, -0.2) is 15.3 Å². The summed E-state index contributed by atoms with van der Waals surface area (Å²) in [6, 6.07) is 0.429. The summed E-state index contributed by atoms with van der Waals surface area (Å²) < 4.78 is 15.2. The summed E-state index contributed by atoms with van der Waals surface area (Å²) in [5.74, 6) is 1.32. The molecule has 1 rings (SSSR count). The maximum atomic E-state index is 12.0. The van der Waals surface area contributed by atoms with Crippen molar-refractivity contribution in [3.8, 4) is 0 Å². The molecule has 15 heavy (non-hydrogen) atoms. The van der Waals surface area contributed by atoms with Crippen LogP contribution in [0, 0.1) is 11.8 Å². The maximum Gasteiger partial charge on any atom is 0.136 e. The Bertz CT molecular complexity index is 196. The predicted octanol–water partition coefficient (Wildman–Crippen LogP) is 2.86. The second-order valence-electron chi connectivity index (χ2n) is 5.96. The third-order valence-corrected chi connectivity index (χ3v) is 4.77. The highest BCUT2D eigenvalue weighted by molar-refractivity contribution is 7.90. The molecule has 0 amide bonds. The van der Waals surface area contributed by atoms with Gasteiger partial charge in [0.1, 0.15) is 4.75 Å². The molecule has 1 unspecified atom stereocenters. The van der Waals surface area contributed by atoms with Crippen LogP contribution in [0.15, 0.2) is 0 Å². The van der Waals surface area contributed by atoms with Crippen LogP contribution in [0.1, 0.15) is 53.9 Å². The molecule has 0 aromatic heterocycles. The number of hydrogen-bond donors (Lipinski definition) is 1. The van der Waals surface area contributed by atoms with Crippen LogP contribution >= 0.6 is 0 Å². The highest BCUT2D eigenvalue weighted by Gasteiger charge is 2.36. The number of nitrogens with one attached hydrogen (secondary N) is 1. The van der Waals surface area contributed by atoms with Crippen molar-refractivity contribution < 1.29 is 4.55 Å². The fourth-order valence-electron chi connectivity index (χ4n) is 1.88. The van der Waals surface area contributed by atoms with Crippen molar-refractivity contribution in [1.29, 1.82) is 0 Å². The largest absolute Gasteiger partial charge is 0.598 e. The van der Waals surface area contributed by atoms with Gasteiger partial charge in [-0.15, -0.1) is 4.72 Å². The molecule has 3 heteroatoms. The first-order chi connectivity index (χ1) is 6.82. The number of hydrogen-bond acceptors (Lipinski definition) is 2. The van der Waals surface area contributed by atoms with Crippen molar-refractivity contribution in [3.05, 3.63) is 0 Å². The lowest BCUT2D eigenvalue weighted by atomic mass is 9.76. The van der Waals surface area contributed by atoms with Crippen LogP contribution in [0.25, 0.3) is 0 Å². The molecule has 1 aliphatic carbocycles. The van der Waals surface area contributed by atoms with Crippen LogP contribution in [0.4, 0.5) is 0 Å². The average molecular weight is 231 g/mol. The third kappa shape index (κ3) is 3.65. The lowest BCUT2D eigenvalue weighted by molar-refractivity contribution is 0.208. The molecule has 0 saturated heterocycles. The zero-order valence-corrected chi connectivity index (χ0v) is 11.5. The first-order valence-corrected chi connectivity index (χ1v) is 7.15. The summed E-state index contributed by atoms with van der Waals surface area (Å²) in [6.45, 7) is 10.5. The van der Waals surface area contributed by atoms with Gasteiger partial charge in [-0.3, -0.25) is 0 Å². The Morgan fingerprint density at radius 2 is 1.80 bits per heavy atom. The first-order valence-electron chi connectivity index (χ1n) is 6.00. The third-order valence-electron chi connectivity index (χ3n) is 3.18. The number of rotatable bonds is 4. The SMILES string of the molecule is CC(C)[C@H](N[S+]([O-])C(C)(C)C)C1CCC1. The molecule has 0 spiro atoms. The molecule has 0 aliphatic heterocycles. The topological polar surface area (TPSA) is 35.1 Å². The minimum atomic E-state index is -0.926. The van der Waals surface area contributed by atoms with Gasteiger partial charge < -0.3 is 4.55 Å². The molecular weight excluding hydrogens is 206 g/mol. The van der Waals surface area contributed by atoms with Crippen LogP contribution in [0.2, 0.25) is 0 Å². The van der Waals surface area contributed by atoms with Crippen LogP contribution in [-0.2, 0) is 11.4 Å². The molecular formula is C12H25NOS. The van der Waals surface area contributed by atoms with Crippen molar-refractivity contribution >= 4 is 11.4 Å². The van der Waals surface area contributed by atoms with Crippen molar-refractivity contribution in [2.45, 2.75) is 64.7 Å². The van der Waals surface area contributed by atoms with Gasteiger partial charge in [0.25, 0.3) is 0 Å². The van der Waals surface area contributed by atoms with E-state index in [1.54, 1.807) is 0 Å². The van der Waals surface area contributed by atoms with Gasteiger partial charge in [-0.05, 0) is 45.4 Å². The molecule has 0 aromatic carbocycles. The van der Waals surface area contributed by atoms with E-state index >= 15 is 0 Å². The van der Waals surface area contributed by atoms with E-state index in [0.717, 1.165) is 5.92 Å². The Hall–Kier alpha value is 0.270. The normalized spacial score (nSPS) is 22.6. The van der Waals surface area contributed by atoms with Crippen molar-refractivity contribution in [1.82, 2.24) is 4.72 Å². The Morgan fingerprint density at radius 1 is 1.27 bits per heavy atom. The summed E-state index contributed by atoms with van der Waals surface area (Å²) in [7, 11) is 0. The first kappa shape index (κ1) is 13.3. The zero-order chi connectivity index (χ0) is 11.6. The van der Waals surface area contributed by atoms with Gasteiger partial charge in [-0.1, -0.05) is 20.3 Å². The van der Waals surface area contributed by atoms with E-state index in [1.807, 2.05) is 20.8 Å². The molecule has 0 bridgehead atoms. The van der Waals surface area contributed by atoms with Gasteiger partial charge in [0.15, 0.2) is 0 Å². The lowest BCUT2D eigenvalue weighted by Gasteiger charge is -2.38. The van der Waals surface area contributed by atoms with E-state index in [9.17, 15) is 4.55 Å². The second-order valence-corrected chi connectivity index (χ2v) is 7.96. The molecule has 2 atom stereocenters. The lowest BCUT2D eigenvalue weighted by Crippen LogP contribution is -2.51. The molecule has 2 nitrogen and oxygen atoms in total. The van der Waals surface area contributed by atoms with Gasteiger partial charge in [0.05, 0.1) is 6.04 Å². The molecule has 0 heterocycles. The maximum absolute atomic E-state index is 12.0. The van der Waals surface area contributed by atoms with Crippen LogP contribution in [0.3, 0.4) is 0 Å². The van der Waals surface area contributed by atoms with Crippen LogP contribution < -0.4 is 4.72 Å². The van der Waals surface area contributed by atoms with E-state index in [1.165, 1.54) is 19.3 Å². The van der Waals surface area contributed by atoms with Crippen LogP contribution in [0.5, 0.6) is 0 Å². The minimum absolute atomic E-state index is 0.156. The van der Waals surface area contributed by atoms with Gasteiger partial charge in [0, 0.05) is 11.4 Å². The van der Waals surface area contributed by atoms with E-state index < -0.39 is 11.4 Å². The van der Waals surface area contributed by atoms with Crippen molar-refractivity contribution in [2.24, 2.45) is 11.8 Å². The highest BCUT2D eigenvalue weighted by Crippen LogP contribution is 2.33. The summed E-state index contributed by atoms with van der Waals surface area (Å²) in [5.41, 5.74) is 0. The smallest absolute Gasteiger partial charge is 0.136 e. The Labute approximate surface area is 97.5 Å².